The number of nitrogens with zero attached hydrogens (tertiary/aromatic N) is 1. The monoisotopic (exact) mass is 440 g/mol. The van der Waals surface area contributed by atoms with Gasteiger partial charge in [0.25, 0.3) is 5.91 Å². The van der Waals surface area contributed by atoms with Crippen LogP contribution in [0.1, 0.15) is 6.42 Å². The molecule has 0 aromatic heterocycles. The van der Waals surface area contributed by atoms with E-state index in [1.165, 1.54) is 11.0 Å². The average Bonchev–Trinajstić information content (AvgIpc) is 3.04. The molecule has 0 saturated carbocycles. The number of rotatable bonds is 5. The van der Waals surface area contributed by atoms with E-state index in [1.54, 1.807) is 36.4 Å². The van der Waals surface area contributed by atoms with Crippen LogP contribution in [0.25, 0.3) is 0 Å². The summed E-state index contributed by atoms with van der Waals surface area (Å²) in [5.41, 5.74) is 0.930. The molecule has 0 radical (unpaired) electrons. The number of hydrogen-bond acceptors (Lipinski definition) is 4. The van der Waals surface area contributed by atoms with Gasteiger partial charge < -0.3 is 15.0 Å². The SMILES string of the molecule is O=C(COC(=O)[C@H]1CC(=O)N(c2cccc(Cl)c2)C1)Nc1cc(Cl)ccc1Cl. The highest BCUT2D eigenvalue weighted by molar-refractivity contribution is 6.35. The van der Waals surface area contributed by atoms with Crippen LogP contribution in [-0.2, 0) is 19.1 Å². The number of halogens is 3. The quantitative estimate of drug-likeness (QED) is 0.706. The molecule has 1 aliphatic rings. The summed E-state index contributed by atoms with van der Waals surface area (Å²) in [6.45, 7) is -0.330. The zero-order valence-electron chi connectivity index (χ0n) is 14.5. The Labute approximate surface area is 176 Å². The summed E-state index contributed by atoms with van der Waals surface area (Å²) >= 11 is 17.8. The van der Waals surface area contributed by atoms with Crippen molar-refractivity contribution in [2.75, 3.05) is 23.4 Å². The van der Waals surface area contributed by atoms with Crippen LogP contribution in [0.3, 0.4) is 0 Å². The highest BCUT2D eigenvalue weighted by Crippen LogP contribution is 2.28. The number of carbonyl (C=O) groups excluding carboxylic acids is 3. The summed E-state index contributed by atoms with van der Waals surface area (Å²) in [5, 5.41) is 3.73. The lowest BCUT2D eigenvalue weighted by Gasteiger charge is -2.16. The fourth-order valence-electron chi connectivity index (χ4n) is 2.79. The Morgan fingerprint density at radius 1 is 1.11 bits per heavy atom. The first-order chi connectivity index (χ1) is 13.3. The first-order valence-electron chi connectivity index (χ1n) is 8.31. The van der Waals surface area contributed by atoms with Crippen LogP contribution in [0.4, 0.5) is 11.4 Å². The number of benzene rings is 2. The first-order valence-corrected chi connectivity index (χ1v) is 9.44. The number of ether oxygens (including phenoxy) is 1. The summed E-state index contributed by atoms with van der Waals surface area (Å²) in [7, 11) is 0. The summed E-state index contributed by atoms with van der Waals surface area (Å²) in [5.74, 6) is -2.05. The molecule has 0 bridgehead atoms. The third kappa shape index (κ3) is 4.95. The van der Waals surface area contributed by atoms with Crippen molar-refractivity contribution in [2.24, 2.45) is 5.92 Å². The van der Waals surface area contributed by atoms with Gasteiger partial charge in [-0.1, -0.05) is 40.9 Å². The van der Waals surface area contributed by atoms with Crippen molar-refractivity contribution in [3.63, 3.8) is 0 Å². The number of anilines is 2. The van der Waals surface area contributed by atoms with Gasteiger partial charge in [-0.2, -0.15) is 0 Å². The summed E-state index contributed by atoms with van der Waals surface area (Å²) in [6.07, 6.45) is 0.00703. The Morgan fingerprint density at radius 2 is 1.86 bits per heavy atom. The lowest BCUT2D eigenvalue weighted by molar-refractivity contribution is -0.151. The van der Waals surface area contributed by atoms with Crippen LogP contribution in [0.2, 0.25) is 15.1 Å². The molecule has 146 valence electrons. The van der Waals surface area contributed by atoms with Gasteiger partial charge in [-0.25, -0.2) is 0 Å². The minimum atomic E-state index is -0.658. The third-order valence-electron chi connectivity index (χ3n) is 4.13. The molecule has 1 fully saturated rings. The Balaban J connectivity index is 1.54. The number of hydrogen-bond donors (Lipinski definition) is 1. The second-order valence-electron chi connectivity index (χ2n) is 6.17. The first kappa shape index (κ1) is 20.5. The minimum absolute atomic E-state index is 0.00703. The van der Waals surface area contributed by atoms with Crippen LogP contribution in [0, 0.1) is 5.92 Å². The maximum absolute atomic E-state index is 12.3. The number of nitrogens with one attached hydrogen (secondary N) is 1. The molecule has 3 rings (SSSR count). The van der Waals surface area contributed by atoms with Crippen molar-refractivity contribution in [3.8, 4) is 0 Å². The molecule has 0 aliphatic carbocycles. The van der Waals surface area contributed by atoms with Gasteiger partial charge in [-0.15, -0.1) is 0 Å². The Bertz CT molecular complexity index is 935. The molecule has 1 atom stereocenters. The van der Waals surface area contributed by atoms with Crippen molar-refractivity contribution in [3.05, 3.63) is 57.5 Å². The standard InChI is InChI=1S/C19H15Cl3N2O4/c20-12-2-1-3-14(7-12)24-9-11(6-18(24)26)19(27)28-10-17(25)23-16-8-13(21)4-5-15(16)22/h1-5,7-8,11H,6,9-10H2,(H,23,25)/t11-/m0/s1. The Hall–Kier alpha value is -2.28. The molecule has 1 saturated heterocycles. The third-order valence-corrected chi connectivity index (χ3v) is 4.93. The molecule has 0 unspecified atom stereocenters. The zero-order chi connectivity index (χ0) is 20.3. The van der Waals surface area contributed by atoms with Gasteiger partial charge >= 0.3 is 5.97 Å². The van der Waals surface area contributed by atoms with Crippen LogP contribution in [0.15, 0.2) is 42.5 Å². The van der Waals surface area contributed by atoms with Crippen LogP contribution in [-0.4, -0.2) is 30.9 Å². The van der Waals surface area contributed by atoms with Crippen LogP contribution < -0.4 is 10.2 Å². The van der Waals surface area contributed by atoms with E-state index in [9.17, 15) is 14.4 Å². The van der Waals surface area contributed by atoms with Crippen molar-refractivity contribution in [2.45, 2.75) is 6.42 Å². The fraction of sp³-hybridized carbons (Fsp3) is 0.211. The summed E-state index contributed by atoms with van der Waals surface area (Å²) in [4.78, 5) is 38.0. The average molecular weight is 442 g/mol. The topological polar surface area (TPSA) is 75.7 Å². The fourth-order valence-corrected chi connectivity index (χ4v) is 3.31. The molecule has 1 heterocycles. The summed E-state index contributed by atoms with van der Waals surface area (Å²) < 4.78 is 5.05. The van der Waals surface area contributed by atoms with Gasteiger partial charge in [0, 0.05) is 28.7 Å². The smallest absolute Gasteiger partial charge is 0.311 e. The van der Waals surface area contributed by atoms with E-state index in [4.69, 9.17) is 39.5 Å². The molecule has 9 heteroatoms. The molecule has 1 aliphatic heterocycles. The molecule has 1 N–H and O–H groups in total. The van der Waals surface area contributed by atoms with E-state index < -0.39 is 24.4 Å². The van der Waals surface area contributed by atoms with Crippen LogP contribution in [0.5, 0.6) is 0 Å². The van der Waals surface area contributed by atoms with E-state index in [0.29, 0.717) is 26.4 Å². The van der Waals surface area contributed by atoms with E-state index >= 15 is 0 Å². The molecule has 0 spiro atoms. The maximum Gasteiger partial charge on any atom is 0.311 e. The van der Waals surface area contributed by atoms with Crippen LogP contribution >= 0.6 is 34.8 Å². The van der Waals surface area contributed by atoms with Gasteiger partial charge in [0.15, 0.2) is 6.61 Å². The summed E-state index contributed by atoms with van der Waals surface area (Å²) in [6, 6.07) is 11.4. The van der Waals surface area contributed by atoms with Crippen molar-refractivity contribution < 1.29 is 19.1 Å². The minimum Gasteiger partial charge on any atom is -0.455 e. The normalized spacial score (nSPS) is 16.2. The van der Waals surface area contributed by atoms with E-state index in [1.807, 2.05) is 0 Å². The van der Waals surface area contributed by atoms with Crippen molar-refractivity contribution >= 4 is 64.0 Å². The molecular weight excluding hydrogens is 427 g/mol. The molecule has 2 aromatic rings. The van der Waals surface area contributed by atoms with Gasteiger partial charge in [0.1, 0.15) is 0 Å². The second-order valence-corrected chi connectivity index (χ2v) is 7.45. The van der Waals surface area contributed by atoms with E-state index in [-0.39, 0.29) is 18.9 Å². The maximum atomic E-state index is 12.3. The van der Waals surface area contributed by atoms with E-state index in [2.05, 4.69) is 5.32 Å². The number of esters is 1. The molecule has 6 nitrogen and oxygen atoms in total. The van der Waals surface area contributed by atoms with Crippen molar-refractivity contribution in [1.82, 2.24) is 0 Å². The number of carbonyl (C=O) groups is 3. The van der Waals surface area contributed by atoms with Gasteiger partial charge in [-0.3, -0.25) is 14.4 Å². The Kier molecular flexibility index (Phi) is 6.44. The Morgan fingerprint density at radius 3 is 2.61 bits per heavy atom. The van der Waals surface area contributed by atoms with Gasteiger partial charge in [0.2, 0.25) is 5.91 Å². The van der Waals surface area contributed by atoms with E-state index in [0.717, 1.165) is 0 Å². The molecular formula is C19H15Cl3N2O4. The largest absolute Gasteiger partial charge is 0.455 e. The predicted octanol–water partition coefficient (Wildman–Crippen LogP) is 4.18. The molecule has 28 heavy (non-hydrogen) atoms. The highest BCUT2D eigenvalue weighted by Gasteiger charge is 2.36. The lowest BCUT2D eigenvalue weighted by atomic mass is 10.1. The van der Waals surface area contributed by atoms with Gasteiger partial charge in [0.05, 0.1) is 16.6 Å². The second kappa shape index (κ2) is 8.82. The highest BCUT2D eigenvalue weighted by atomic mass is 35.5. The van der Waals surface area contributed by atoms with Crippen molar-refractivity contribution in [1.29, 1.82) is 0 Å². The molecule has 2 amide bonds. The lowest BCUT2D eigenvalue weighted by Crippen LogP contribution is -2.28. The zero-order valence-corrected chi connectivity index (χ0v) is 16.7. The van der Waals surface area contributed by atoms with Gasteiger partial charge in [-0.05, 0) is 36.4 Å². The molecule has 2 aromatic carbocycles. The number of amides is 2. The predicted molar refractivity (Wildman–Crippen MR) is 108 cm³/mol.